The fourth-order valence-electron chi connectivity index (χ4n) is 1.86. The average molecular weight is 230 g/mol. The molecule has 1 aromatic heterocycles. The van der Waals surface area contributed by atoms with Crippen molar-refractivity contribution in [1.82, 2.24) is 9.78 Å². The van der Waals surface area contributed by atoms with Gasteiger partial charge in [-0.3, -0.25) is 4.68 Å². The summed E-state index contributed by atoms with van der Waals surface area (Å²) in [6.07, 6.45) is 5.78. The van der Waals surface area contributed by atoms with E-state index in [1.54, 1.807) is 0 Å². The van der Waals surface area contributed by atoms with E-state index in [1.807, 2.05) is 10.9 Å². The van der Waals surface area contributed by atoms with Crippen LogP contribution < -0.4 is 0 Å². The van der Waals surface area contributed by atoms with E-state index >= 15 is 0 Å². The average Bonchev–Trinajstić information content (AvgIpc) is 2.80. The van der Waals surface area contributed by atoms with E-state index in [0.717, 1.165) is 30.5 Å². The Morgan fingerprint density at radius 2 is 1.94 bits per heavy atom. The molecule has 3 nitrogen and oxygen atoms in total. The lowest BCUT2D eigenvalue weighted by atomic mass is 10.1. The Morgan fingerprint density at radius 1 is 1.18 bits per heavy atom. The van der Waals surface area contributed by atoms with Crippen molar-refractivity contribution in [2.45, 2.75) is 26.3 Å². The molecule has 0 spiro atoms. The molecule has 1 N–H and O–H groups in total. The first-order valence-electron chi connectivity index (χ1n) is 6.06. The molecule has 0 saturated carbocycles. The minimum absolute atomic E-state index is 0.202. The third kappa shape index (κ3) is 2.94. The molecule has 90 valence electrons. The molecule has 0 atom stereocenters. The molecule has 3 heteroatoms. The summed E-state index contributed by atoms with van der Waals surface area (Å²) < 4.78 is 1.97. The van der Waals surface area contributed by atoms with Crippen molar-refractivity contribution in [3.8, 4) is 11.1 Å². The van der Waals surface area contributed by atoms with Gasteiger partial charge >= 0.3 is 0 Å². The van der Waals surface area contributed by atoms with Crippen LogP contribution in [0, 0.1) is 0 Å². The second-order valence-corrected chi connectivity index (χ2v) is 4.16. The molecule has 2 aromatic rings. The zero-order valence-corrected chi connectivity index (χ0v) is 10.1. The summed E-state index contributed by atoms with van der Waals surface area (Å²) >= 11 is 0. The summed E-state index contributed by atoms with van der Waals surface area (Å²) in [7, 11) is 0. The van der Waals surface area contributed by atoms with Crippen LogP contribution >= 0.6 is 0 Å². The number of hydrogen-bond donors (Lipinski definition) is 1. The smallest absolute Gasteiger partial charge is 0.0568 e. The fraction of sp³-hybridized carbons (Fsp3) is 0.357. The molecular weight excluding hydrogens is 212 g/mol. The Kier molecular flexibility index (Phi) is 3.94. The Hall–Kier alpha value is -1.61. The summed E-state index contributed by atoms with van der Waals surface area (Å²) in [6, 6.07) is 8.28. The summed E-state index contributed by atoms with van der Waals surface area (Å²) in [5.41, 5.74) is 3.49. The highest BCUT2D eigenvalue weighted by atomic mass is 16.2. The zero-order chi connectivity index (χ0) is 12.1. The monoisotopic (exact) mass is 230 g/mol. The number of aliphatic hydroxyl groups is 1. The van der Waals surface area contributed by atoms with Crippen molar-refractivity contribution in [2.24, 2.45) is 0 Å². The molecular formula is C14H18N2O. The first-order valence-corrected chi connectivity index (χ1v) is 6.06. The van der Waals surface area contributed by atoms with Gasteiger partial charge in [0.05, 0.1) is 6.20 Å². The van der Waals surface area contributed by atoms with E-state index < -0.39 is 0 Å². The molecule has 0 aliphatic heterocycles. The van der Waals surface area contributed by atoms with Gasteiger partial charge in [0.1, 0.15) is 0 Å². The van der Waals surface area contributed by atoms with Crippen LogP contribution in [-0.2, 0) is 13.0 Å². The summed E-state index contributed by atoms with van der Waals surface area (Å²) in [5, 5.41) is 13.2. The van der Waals surface area contributed by atoms with Gasteiger partial charge in [-0.15, -0.1) is 0 Å². The van der Waals surface area contributed by atoms with Crippen LogP contribution in [0.15, 0.2) is 36.7 Å². The molecule has 0 unspecified atom stereocenters. The largest absolute Gasteiger partial charge is 0.396 e. The van der Waals surface area contributed by atoms with Crippen molar-refractivity contribution in [3.63, 3.8) is 0 Å². The van der Waals surface area contributed by atoms with Gasteiger partial charge in [-0.05, 0) is 24.0 Å². The van der Waals surface area contributed by atoms with Crippen molar-refractivity contribution in [2.75, 3.05) is 6.61 Å². The van der Waals surface area contributed by atoms with Crippen LogP contribution in [0.5, 0.6) is 0 Å². The maximum atomic E-state index is 8.86. The third-order valence-corrected chi connectivity index (χ3v) is 2.77. The number of rotatable bonds is 5. The molecule has 0 amide bonds. The molecule has 1 aromatic carbocycles. The third-order valence-electron chi connectivity index (χ3n) is 2.77. The Morgan fingerprint density at radius 3 is 2.59 bits per heavy atom. The molecule has 0 aliphatic rings. The Bertz CT molecular complexity index is 459. The van der Waals surface area contributed by atoms with E-state index in [0.29, 0.717) is 0 Å². The highest BCUT2D eigenvalue weighted by Gasteiger charge is 2.01. The van der Waals surface area contributed by atoms with Gasteiger partial charge in [0.2, 0.25) is 0 Å². The molecule has 1 heterocycles. The van der Waals surface area contributed by atoms with E-state index in [9.17, 15) is 0 Å². The van der Waals surface area contributed by atoms with Crippen molar-refractivity contribution in [1.29, 1.82) is 0 Å². The number of hydrogen-bond acceptors (Lipinski definition) is 2. The summed E-state index contributed by atoms with van der Waals surface area (Å²) in [5.74, 6) is 0. The molecule has 0 bridgehead atoms. The van der Waals surface area contributed by atoms with Gasteiger partial charge < -0.3 is 5.11 Å². The predicted octanol–water partition coefficient (Wildman–Crippen LogP) is 2.49. The van der Waals surface area contributed by atoms with Crippen LogP contribution in [0.3, 0.4) is 0 Å². The van der Waals surface area contributed by atoms with Gasteiger partial charge in [0.15, 0.2) is 0 Å². The Labute approximate surface area is 102 Å². The molecule has 2 rings (SSSR count). The number of nitrogens with zero attached hydrogens (tertiary/aromatic N) is 2. The lowest BCUT2D eigenvalue weighted by molar-refractivity contribution is 0.299. The van der Waals surface area contributed by atoms with Gasteiger partial charge in [-0.1, -0.05) is 31.2 Å². The second kappa shape index (κ2) is 5.64. The lowest BCUT2D eigenvalue weighted by Gasteiger charge is -2.00. The first-order chi connectivity index (χ1) is 8.33. The van der Waals surface area contributed by atoms with Gasteiger partial charge in [0, 0.05) is 24.9 Å². The molecule has 0 saturated heterocycles. The van der Waals surface area contributed by atoms with Crippen molar-refractivity contribution < 1.29 is 5.11 Å². The fourth-order valence-corrected chi connectivity index (χ4v) is 1.86. The molecule has 17 heavy (non-hydrogen) atoms. The summed E-state index contributed by atoms with van der Waals surface area (Å²) in [4.78, 5) is 0. The number of aromatic nitrogens is 2. The molecule has 0 fully saturated rings. The number of aliphatic hydroxyl groups excluding tert-OH is 1. The van der Waals surface area contributed by atoms with Crippen molar-refractivity contribution in [3.05, 3.63) is 42.2 Å². The van der Waals surface area contributed by atoms with Crippen molar-refractivity contribution >= 4 is 0 Å². The summed E-state index contributed by atoms with van der Waals surface area (Å²) in [6.45, 7) is 3.31. The van der Waals surface area contributed by atoms with E-state index in [1.165, 1.54) is 5.56 Å². The minimum atomic E-state index is 0.202. The van der Waals surface area contributed by atoms with Crippen LogP contribution in [0.2, 0.25) is 0 Å². The molecule has 0 aliphatic carbocycles. The first kappa shape index (κ1) is 11.9. The normalized spacial score (nSPS) is 10.7. The highest BCUT2D eigenvalue weighted by Crippen LogP contribution is 2.19. The SMILES string of the molecule is CCCn1cc(-c2ccc(CCO)cc2)cn1. The van der Waals surface area contributed by atoms with Crippen LogP contribution in [0.25, 0.3) is 11.1 Å². The minimum Gasteiger partial charge on any atom is -0.396 e. The van der Waals surface area contributed by atoms with Gasteiger partial charge in [-0.25, -0.2) is 0 Å². The quantitative estimate of drug-likeness (QED) is 0.857. The highest BCUT2D eigenvalue weighted by molar-refractivity contribution is 5.61. The lowest BCUT2D eigenvalue weighted by Crippen LogP contribution is -1.95. The molecule has 0 radical (unpaired) electrons. The van der Waals surface area contributed by atoms with E-state index in [2.05, 4.69) is 42.5 Å². The van der Waals surface area contributed by atoms with E-state index in [-0.39, 0.29) is 6.61 Å². The second-order valence-electron chi connectivity index (χ2n) is 4.16. The number of aryl methyl sites for hydroxylation is 1. The number of benzene rings is 1. The maximum absolute atomic E-state index is 8.86. The van der Waals surface area contributed by atoms with Crippen LogP contribution in [-0.4, -0.2) is 21.5 Å². The topological polar surface area (TPSA) is 38.0 Å². The van der Waals surface area contributed by atoms with E-state index in [4.69, 9.17) is 5.11 Å². The van der Waals surface area contributed by atoms with Crippen LogP contribution in [0.1, 0.15) is 18.9 Å². The van der Waals surface area contributed by atoms with Gasteiger partial charge in [-0.2, -0.15) is 5.10 Å². The van der Waals surface area contributed by atoms with Crippen LogP contribution in [0.4, 0.5) is 0 Å². The standard InChI is InChI=1S/C14H18N2O/c1-2-8-16-11-14(10-15-16)13-5-3-12(4-6-13)7-9-17/h3-6,10-11,17H,2,7-9H2,1H3. The Balaban J connectivity index is 2.15. The van der Waals surface area contributed by atoms with Gasteiger partial charge in [0.25, 0.3) is 0 Å². The zero-order valence-electron chi connectivity index (χ0n) is 10.1. The predicted molar refractivity (Wildman–Crippen MR) is 68.7 cm³/mol. The maximum Gasteiger partial charge on any atom is 0.0568 e.